The second-order valence-electron chi connectivity index (χ2n) is 8.15. The third-order valence-electron chi connectivity index (χ3n) is 6.17. The van der Waals surface area contributed by atoms with Gasteiger partial charge in [0.2, 0.25) is 5.91 Å². The van der Waals surface area contributed by atoms with Gasteiger partial charge in [-0.05, 0) is 43.4 Å². The third-order valence-corrected chi connectivity index (χ3v) is 6.17. The molecule has 0 bridgehead atoms. The lowest BCUT2D eigenvalue weighted by atomic mass is 9.95. The normalized spacial score (nSPS) is 15.8. The Bertz CT molecular complexity index is 1240. The Kier molecular flexibility index (Phi) is 6.26. The molecule has 0 spiro atoms. The molecule has 1 fully saturated rings. The van der Waals surface area contributed by atoms with E-state index >= 15 is 0 Å². The van der Waals surface area contributed by atoms with Crippen molar-refractivity contribution < 1.29 is 19.2 Å². The molecule has 8 nitrogen and oxygen atoms in total. The number of benzene rings is 3. The summed E-state index contributed by atoms with van der Waals surface area (Å²) < 4.78 is 5.43. The molecule has 0 saturated carbocycles. The molecule has 1 N–H and O–H groups in total. The Labute approximate surface area is 191 Å². The van der Waals surface area contributed by atoms with E-state index in [2.05, 4.69) is 5.32 Å². The van der Waals surface area contributed by atoms with Crippen LogP contribution in [0.15, 0.2) is 54.6 Å². The molecule has 0 unspecified atom stereocenters. The quantitative estimate of drug-likeness (QED) is 0.456. The van der Waals surface area contributed by atoms with Gasteiger partial charge in [0.15, 0.2) is 0 Å². The molecule has 3 aromatic rings. The van der Waals surface area contributed by atoms with Crippen LogP contribution >= 0.6 is 0 Å². The van der Waals surface area contributed by atoms with Crippen LogP contribution in [0.3, 0.4) is 0 Å². The summed E-state index contributed by atoms with van der Waals surface area (Å²) in [5.41, 5.74) is 1.35. The van der Waals surface area contributed by atoms with Gasteiger partial charge in [-0.3, -0.25) is 19.7 Å². The Balaban J connectivity index is 1.53. The van der Waals surface area contributed by atoms with Gasteiger partial charge in [0, 0.05) is 30.1 Å². The molecule has 170 valence electrons. The number of ether oxygens (including phenoxy) is 1. The van der Waals surface area contributed by atoms with Crippen LogP contribution in [0.2, 0.25) is 0 Å². The third kappa shape index (κ3) is 4.37. The first-order valence-electron chi connectivity index (χ1n) is 10.8. The lowest BCUT2D eigenvalue weighted by molar-refractivity contribution is -0.385. The lowest BCUT2D eigenvalue weighted by Crippen LogP contribution is -2.43. The Morgan fingerprint density at radius 2 is 1.85 bits per heavy atom. The zero-order chi connectivity index (χ0) is 23.5. The molecule has 1 saturated heterocycles. The predicted octanol–water partition coefficient (Wildman–Crippen LogP) is 4.56. The van der Waals surface area contributed by atoms with Crippen LogP contribution in [0, 0.1) is 23.0 Å². The summed E-state index contributed by atoms with van der Waals surface area (Å²) in [4.78, 5) is 38.8. The largest absolute Gasteiger partial charge is 0.496 e. The Morgan fingerprint density at radius 1 is 1.09 bits per heavy atom. The van der Waals surface area contributed by atoms with Gasteiger partial charge in [-0.1, -0.05) is 30.3 Å². The highest BCUT2D eigenvalue weighted by Crippen LogP contribution is 2.31. The number of hydrogen-bond donors (Lipinski definition) is 1. The lowest BCUT2D eigenvalue weighted by Gasteiger charge is -2.32. The summed E-state index contributed by atoms with van der Waals surface area (Å²) in [7, 11) is 1.60. The summed E-state index contributed by atoms with van der Waals surface area (Å²) in [6, 6.07) is 15.7. The van der Waals surface area contributed by atoms with Crippen molar-refractivity contribution in [1.82, 2.24) is 4.90 Å². The predicted molar refractivity (Wildman–Crippen MR) is 126 cm³/mol. The number of likely N-dealkylation sites (tertiary alicyclic amines) is 1. The number of nitrogens with zero attached hydrogens (tertiary/aromatic N) is 2. The number of anilines is 1. The minimum Gasteiger partial charge on any atom is -0.496 e. The second kappa shape index (κ2) is 9.28. The number of fused-ring (bicyclic) bond motifs is 1. The number of carbonyl (C=O) groups is 2. The van der Waals surface area contributed by atoms with Gasteiger partial charge in [-0.25, -0.2) is 0 Å². The molecule has 1 aliphatic heterocycles. The number of hydrogen-bond acceptors (Lipinski definition) is 5. The van der Waals surface area contributed by atoms with Gasteiger partial charge in [0.05, 0.1) is 29.2 Å². The molecule has 1 heterocycles. The molecule has 33 heavy (non-hydrogen) atoms. The van der Waals surface area contributed by atoms with E-state index in [4.69, 9.17) is 4.74 Å². The van der Waals surface area contributed by atoms with Crippen LogP contribution < -0.4 is 10.1 Å². The molecular weight excluding hydrogens is 422 g/mol. The number of methoxy groups -OCH3 is 1. The molecule has 2 amide bonds. The maximum absolute atomic E-state index is 13.4. The Morgan fingerprint density at radius 3 is 2.58 bits per heavy atom. The number of nitro groups is 1. The highest BCUT2D eigenvalue weighted by atomic mass is 16.6. The van der Waals surface area contributed by atoms with Crippen molar-refractivity contribution in [2.45, 2.75) is 19.8 Å². The second-order valence-corrected chi connectivity index (χ2v) is 8.15. The number of amides is 2. The van der Waals surface area contributed by atoms with E-state index in [-0.39, 0.29) is 17.5 Å². The fraction of sp³-hybridized carbons (Fsp3) is 0.280. The van der Waals surface area contributed by atoms with E-state index in [9.17, 15) is 19.7 Å². The van der Waals surface area contributed by atoms with Crippen molar-refractivity contribution >= 4 is 34.0 Å². The standard InChI is InChI=1S/C25H25N3O5/c1-16-21(10-5-11-22(16)28(31)32)26-24(29)17-7-6-14-27(15-17)25(30)20-12-13-23(33-2)19-9-4-3-8-18(19)20/h3-5,8-13,17H,6-7,14-15H2,1-2H3,(H,26,29)/t17-/m0/s1. The molecule has 4 rings (SSSR count). The van der Waals surface area contributed by atoms with Crippen molar-refractivity contribution in [2.24, 2.45) is 5.92 Å². The minimum atomic E-state index is -0.467. The first-order valence-corrected chi connectivity index (χ1v) is 10.8. The van der Waals surface area contributed by atoms with Gasteiger partial charge >= 0.3 is 0 Å². The highest BCUT2D eigenvalue weighted by Gasteiger charge is 2.30. The van der Waals surface area contributed by atoms with Crippen LogP contribution in [0.25, 0.3) is 10.8 Å². The number of carbonyl (C=O) groups excluding carboxylic acids is 2. The molecule has 0 aromatic heterocycles. The van der Waals surface area contributed by atoms with Crippen LogP contribution in [0.5, 0.6) is 5.75 Å². The molecule has 1 aliphatic rings. The van der Waals surface area contributed by atoms with E-state index < -0.39 is 10.8 Å². The van der Waals surface area contributed by atoms with Crippen LogP contribution in [0.4, 0.5) is 11.4 Å². The minimum absolute atomic E-state index is 0.0420. The first kappa shape index (κ1) is 22.3. The summed E-state index contributed by atoms with van der Waals surface area (Å²) >= 11 is 0. The fourth-order valence-electron chi connectivity index (χ4n) is 4.37. The first-order chi connectivity index (χ1) is 15.9. The SMILES string of the molecule is COc1ccc(C(=O)N2CCC[C@H](C(=O)Nc3cccc([N+](=O)[O-])c3C)C2)c2ccccc12. The number of nitrogens with one attached hydrogen (secondary N) is 1. The zero-order valence-electron chi connectivity index (χ0n) is 18.5. The fourth-order valence-corrected chi connectivity index (χ4v) is 4.37. The van der Waals surface area contributed by atoms with Gasteiger partial charge in [-0.2, -0.15) is 0 Å². The van der Waals surface area contributed by atoms with E-state index in [0.29, 0.717) is 48.5 Å². The Hall–Kier alpha value is -3.94. The highest BCUT2D eigenvalue weighted by molar-refractivity contribution is 6.08. The summed E-state index contributed by atoms with van der Waals surface area (Å²) in [6.45, 7) is 2.47. The molecule has 1 atom stereocenters. The van der Waals surface area contributed by atoms with E-state index in [1.54, 1.807) is 43.2 Å². The molecular formula is C25H25N3O5. The summed E-state index contributed by atoms with van der Waals surface area (Å²) in [5.74, 6) is -0.0650. The smallest absolute Gasteiger partial charge is 0.274 e. The molecule has 0 radical (unpaired) electrons. The monoisotopic (exact) mass is 447 g/mol. The zero-order valence-corrected chi connectivity index (χ0v) is 18.5. The summed E-state index contributed by atoms with van der Waals surface area (Å²) in [6.07, 6.45) is 1.35. The van der Waals surface area contributed by atoms with Crippen LogP contribution in [0.1, 0.15) is 28.8 Å². The van der Waals surface area contributed by atoms with Gasteiger partial charge in [0.1, 0.15) is 5.75 Å². The van der Waals surface area contributed by atoms with Crippen molar-refractivity contribution in [2.75, 3.05) is 25.5 Å². The maximum Gasteiger partial charge on any atom is 0.274 e. The van der Waals surface area contributed by atoms with Gasteiger partial charge < -0.3 is 15.0 Å². The average Bonchev–Trinajstić information content (AvgIpc) is 2.84. The number of nitro benzene ring substituents is 1. The maximum atomic E-state index is 13.4. The molecule has 0 aliphatic carbocycles. The van der Waals surface area contributed by atoms with Crippen molar-refractivity contribution in [3.63, 3.8) is 0 Å². The van der Waals surface area contributed by atoms with Crippen LogP contribution in [-0.2, 0) is 4.79 Å². The van der Waals surface area contributed by atoms with Crippen molar-refractivity contribution in [3.8, 4) is 5.75 Å². The van der Waals surface area contributed by atoms with E-state index in [1.807, 2.05) is 24.3 Å². The van der Waals surface area contributed by atoms with Gasteiger partial charge in [0.25, 0.3) is 11.6 Å². The average molecular weight is 447 g/mol. The van der Waals surface area contributed by atoms with E-state index in [1.165, 1.54) is 6.07 Å². The molecule has 3 aromatic carbocycles. The topological polar surface area (TPSA) is 102 Å². The van der Waals surface area contributed by atoms with Crippen molar-refractivity contribution in [1.29, 1.82) is 0 Å². The van der Waals surface area contributed by atoms with Crippen molar-refractivity contribution in [3.05, 3.63) is 75.8 Å². The van der Waals surface area contributed by atoms with Crippen LogP contribution in [-0.4, -0.2) is 41.8 Å². The number of piperidine rings is 1. The summed E-state index contributed by atoms with van der Waals surface area (Å²) in [5, 5.41) is 15.7. The van der Waals surface area contributed by atoms with Gasteiger partial charge in [-0.15, -0.1) is 0 Å². The number of rotatable bonds is 5. The van der Waals surface area contributed by atoms with E-state index in [0.717, 1.165) is 10.8 Å². The molecule has 8 heteroatoms.